The minimum absolute atomic E-state index is 0.243. The zero-order valence-electron chi connectivity index (χ0n) is 15.8. The lowest BCUT2D eigenvalue weighted by Gasteiger charge is -2.15. The average molecular weight is 404 g/mol. The van der Waals surface area contributed by atoms with E-state index in [-0.39, 0.29) is 5.69 Å². The molecule has 0 radical (unpaired) electrons. The summed E-state index contributed by atoms with van der Waals surface area (Å²) in [4.78, 5) is 16.5. The second-order valence-corrected chi connectivity index (χ2v) is 6.56. The van der Waals surface area contributed by atoms with E-state index in [1.165, 1.54) is 18.3 Å². The zero-order valence-corrected chi connectivity index (χ0v) is 15.8. The minimum atomic E-state index is -4.71. The maximum Gasteiger partial charge on any atom is 0.433 e. The van der Waals surface area contributed by atoms with Gasteiger partial charge in [0.1, 0.15) is 6.61 Å². The third-order valence-corrected chi connectivity index (χ3v) is 4.02. The summed E-state index contributed by atoms with van der Waals surface area (Å²) in [5, 5.41) is 6.13. The highest BCUT2D eigenvalue weighted by Crippen LogP contribution is 2.33. The highest BCUT2D eigenvalue weighted by molar-refractivity contribution is 6.05. The molecule has 0 unspecified atom stereocenters. The van der Waals surface area contributed by atoms with Crippen molar-refractivity contribution in [2.75, 3.05) is 5.32 Å². The number of benzene rings is 1. The van der Waals surface area contributed by atoms with E-state index >= 15 is 0 Å². The van der Waals surface area contributed by atoms with Crippen LogP contribution in [-0.4, -0.2) is 20.7 Å². The molecule has 1 aromatic carbocycles. The van der Waals surface area contributed by atoms with Gasteiger partial charge in [0, 0.05) is 12.1 Å². The molecule has 0 fully saturated rings. The zero-order chi connectivity index (χ0) is 21.0. The van der Waals surface area contributed by atoms with Crippen LogP contribution in [-0.2, 0) is 12.8 Å². The van der Waals surface area contributed by atoms with Crippen LogP contribution in [0.25, 0.3) is 0 Å². The number of rotatable bonds is 6. The lowest BCUT2D eigenvalue weighted by atomic mass is 10.2. The van der Waals surface area contributed by atoms with Gasteiger partial charge in [0.05, 0.1) is 23.6 Å². The SMILES string of the molecule is CC(C)n1ncc(C(=O)Nc2ccc(OCc3ccccc3)nc2)c1C(F)(F)F. The number of carbonyl (C=O) groups excluding carboxylic acids is 1. The van der Waals surface area contributed by atoms with Crippen molar-refractivity contribution in [2.45, 2.75) is 32.7 Å². The van der Waals surface area contributed by atoms with Crippen molar-refractivity contribution in [1.82, 2.24) is 14.8 Å². The minimum Gasteiger partial charge on any atom is -0.473 e. The summed E-state index contributed by atoms with van der Waals surface area (Å²) < 4.78 is 46.6. The predicted octanol–water partition coefficient (Wildman–Crippen LogP) is 4.71. The number of aromatic nitrogens is 3. The highest BCUT2D eigenvalue weighted by Gasteiger charge is 2.40. The fraction of sp³-hybridized carbons (Fsp3) is 0.250. The van der Waals surface area contributed by atoms with Crippen LogP contribution in [0.4, 0.5) is 18.9 Å². The molecule has 6 nitrogen and oxygen atoms in total. The van der Waals surface area contributed by atoms with Gasteiger partial charge in [0.15, 0.2) is 5.69 Å². The Morgan fingerprint density at radius 1 is 1.14 bits per heavy atom. The largest absolute Gasteiger partial charge is 0.473 e. The maximum atomic E-state index is 13.4. The van der Waals surface area contributed by atoms with Crippen molar-refractivity contribution in [3.63, 3.8) is 0 Å². The molecule has 0 aliphatic carbocycles. The first-order valence-corrected chi connectivity index (χ1v) is 8.84. The molecule has 152 valence electrons. The van der Waals surface area contributed by atoms with E-state index in [0.717, 1.165) is 16.4 Å². The number of alkyl halides is 3. The molecule has 0 aliphatic heterocycles. The van der Waals surface area contributed by atoms with Gasteiger partial charge in [-0.05, 0) is 25.5 Å². The summed E-state index contributed by atoms with van der Waals surface area (Å²) in [6, 6.07) is 12.0. The van der Waals surface area contributed by atoms with Crippen LogP contribution in [0.1, 0.15) is 41.5 Å². The Hall–Kier alpha value is -3.36. The van der Waals surface area contributed by atoms with Gasteiger partial charge >= 0.3 is 6.18 Å². The molecule has 29 heavy (non-hydrogen) atoms. The van der Waals surface area contributed by atoms with Gasteiger partial charge in [0.25, 0.3) is 5.91 Å². The molecule has 0 aliphatic rings. The molecule has 3 aromatic rings. The first-order valence-electron chi connectivity index (χ1n) is 8.84. The van der Waals surface area contributed by atoms with Crippen molar-refractivity contribution in [2.24, 2.45) is 0 Å². The summed E-state index contributed by atoms with van der Waals surface area (Å²) >= 11 is 0. The molecule has 1 amide bonds. The third kappa shape index (κ3) is 4.92. The lowest BCUT2D eigenvalue weighted by Crippen LogP contribution is -2.22. The van der Waals surface area contributed by atoms with Gasteiger partial charge < -0.3 is 10.1 Å². The molecule has 0 spiro atoms. The van der Waals surface area contributed by atoms with Crippen molar-refractivity contribution < 1.29 is 22.7 Å². The molecular formula is C20H19F3N4O2. The Morgan fingerprint density at radius 2 is 1.86 bits per heavy atom. The maximum absolute atomic E-state index is 13.4. The van der Waals surface area contributed by atoms with Gasteiger partial charge in [-0.15, -0.1) is 0 Å². The summed E-state index contributed by atoms with van der Waals surface area (Å²) in [5.41, 5.74) is -0.419. The van der Waals surface area contributed by atoms with E-state index in [4.69, 9.17) is 4.74 Å². The molecule has 0 atom stereocenters. The molecule has 9 heteroatoms. The second kappa shape index (κ2) is 8.34. The molecule has 0 bridgehead atoms. The van der Waals surface area contributed by atoms with Crippen molar-refractivity contribution in [3.05, 3.63) is 71.7 Å². The topological polar surface area (TPSA) is 69.0 Å². The fourth-order valence-corrected chi connectivity index (χ4v) is 2.67. The first kappa shape index (κ1) is 20.4. The van der Waals surface area contributed by atoms with Crippen LogP contribution >= 0.6 is 0 Å². The fourth-order valence-electron chi connectivity index (χ4n) is 2.67. The normalized spacial score (nSPS) is 11.5. The van der Waals surface area contributed by atoms with Crippen molar-refractivity contribution >= 4 is 11.6 Å². The molecule has 0 saturated heterocycles. The van der Waals surface area contributed by atoms with E-state index in [0.29, 0.717) is 12.5 Å². The molecule has 0 saturated carbocycles. The predicted molar refractivity (Wildman–Crippen MR) is 101 cm³/mol. The molecular weight excluding hydrogens is 385 g/mol. The Bertz CT molecular complexity index is 968. The number of nitrogens with one attached hydrogen (secondary N) is 1. The number of nitrogens with zero attached hydrogens (tertiary/aromatic N) is 3. The van der Waals surface area contributed by atoms with E-state index in [1.807, 2.05) is 30.3 Å². The van der Waals surface area contributed by atoms with Gasteiger partial charge in [-0.3, -0.25) is 9.48 Å². The first-order chi connectivity index (χ1) is 13.8. The Kier molecular flexibility index (Phi) is 5.86. The average Bonchev–Trinajstić information content (AvgIpc) is 3.14. The van der Waals surface area contributed by atoms with Crippen LogP contribution in [0.15, 0.2) is 54.9 Å². The van der Waals surface area contributed by atoms with E-state index in [1.54, 1.807) is 13.8 Å². The van der Waals surface area contributed by atoms with E-state index in [2.05, 4.69) is 15.4 Å². The summed E-state index contributed by atoms with van der Waals surface area (Å²) in [7, 11) is 0. The number of halogens is 3. The second-order valence-electron chi connectivity index (χ2n) is 6.56. The van der Waals surface area contributed by atoms with Gasteiger partial charge in [-0.2, -0.15) is 18.3 Å². The van der Waals surface area contributed by atoms with Crippen LogP contribution in [0, 0.1) is 0 Å². The lowest BCUT2D eigenvalue weighted by molar-refractivity contribution is -0.145. The van der Waals surface area contributed by atoms with Gasteiger partial charge in [-0.1, -0.05) is 30.3 Å². The Labute approximate surface area is 165 Å². The molecule has 1 N–H and O–H groups in total. The standard InChI is InChI=1S/C20H19F3N4O2/c1-13(2)27-18(20(21,22)23)16(11-25-27)19(28)26-15-8-9-17(24-10-15)29-12-14-6-4-3-5-7-14/h3-11,13H,12H2,1-2H3,(H,26,28). The quantitative estimate of drug-likeness (QED) is 0.646. The number of anilines is 1. The molecule has 3 rings (SSSR count). The van der Waals surface area contributed by atoms with E-state index in [9.17, 15) is 18.0 Å². The summed E-state index contributed by atoms with van der Waals surface area (Å²) in [5.74, 6) is -0.584. The Morgan fingerprint density at radius 3 is 2.45 bits per heavy atom. The number of hydrogen-bond acceptors (Lipinski definition) is 4. The third-order valence-electron chi connectivity index (χ3n) is 4.02. The molecule has 2 aromatic heterocycles. The molecule has 2 heterocycles. The number of ether oxygens (including phenoxy) is 1. The van der Waals surface area contributed by atoms with Crippen LogP contribution in [0.3, 0.4) is 0 Å². The summed E-state index contributed by atoms with van der Waals surface area (Å²) in [6.07, 6.45) is -2.47. The monoisotopic (exact) mass is 404 g/mol. The number of amides is 1. The van der Waals surface area contributed by atoms with Gasteiger partial charge in [0.2, 0.25) is 5.88 Å². The number of hydrogen-bond donors (Lipinski definition) is 1. The number of carbonyl (C=O) groups is 1. The smallest absolute Gasteiger partial charge is 0.433 e. The summed E-state index contributed by atoms with van der Waals surface area (Å²) in [6.45, 7) is 3.44. The van der Waals surface area contributed by atoms with Crippen molar-refractivity contribution in [1.29, 1.82) is 0 Å². The van der Waals surface area contributed by atoms with E-state index < -0.39 is 29.4 Å². The highest BCUT2D eigenvalue weighted by atomic mass is 19.4. The van der Waals surface area contributed by atoms with Crippen molar-refractivity contribution in [3.8, 4) is 5.88 Å². The van der Waals surface area contributed by atoms with Crippen LogP contribution in [0.5, 0.6) is 5.88 Å². The van der Waals surface area contributed by atoms with Crippen LogP contribution < -0.4 is 10.1 Å². The van der Waals surface area contributed by atoms with Crippen LogP contribution in [0.2, 0.25) is 0 Å². The number of pyridine rings is 1. The van der Waals surface area contributed by atoms with Gasteiger partial charge in [-0.25, -0.2) is 4.98 Å². The Balaban J connectivity index is 1.70.